The lowest BCUT2D eigenvalue weighted by atomic mass is 10.0. The van der Waals surface area contributed by atoms with Gasteiger partial charge in [0.25, 0.3) is 0 Å². The molecule has 0 saturated carbocycles. The molecule has 0 atom stereocenters. The highest BCUT2D eigenvalue weighted by Gasteiger charge is 2.16. The van der Waals surface area contributed by atoms with Gasteiger partial charge in [-0.25, -0.2) is 4.79 Å². The molecule has 3 aromatic carbocycles. The van der Waals surface area contributed by atoms with Crippen molar-refractivity contribution < 1.29 is 19.4 Å². The van der Waals surface area contributed by atoms with E-state index < -0.39 is 11.8 Å². The highest BCUT2D eigenvalue weighted by Crippen LogP contribution is 2.25. The molecule has 0 radical (unpaired) electrons. The van der Waals surface area contributed by atoms with E-state index in [1.807, 2.05) is 54.4 Å². The summed E-state index contributed by atoms with van der Waals surface area (Å²) in [7, 11) is 1.88. The first-order chi connectivity index (χ1) is 16.4. The number of aromatic carboxylic acids is 1. The molecule has 0 aliphatic heterocycles. The number of halogens is 1. The second-order valence-corrected chi connectivity index (χ2v) is 8.03. The number of ether oxygens (including phenoxy) is 1. The highest BCUT2D eigenvalue weighted by molar-refractivity contribution is 6.30. The minimum absolute atomic E-state index is 0.0343. The Balaban J connectivity index is 1.55. The molecule has 7 heteroatoms. The molecule has 0 amide bonds. The summed E-state index contributed by atoms with van der Waals surface area (Å²) in [6, 6.07) is 24.5. The van der Waals surface area contributed by atoms with Crippen LogP contribution in [0.3, 0.4) is 0 Å². The number of benzene rings is 3. The average molecular weight is 473 g/mol. The van der Waals surface area contributed by atoms with Crippen LogP contribution in [0.4, 0.5) is 11.4 Å². The van der Waals surface area contributed by atoms with E-state index in [2.05, 4.69) is 4.98 Å². The van der Waals surface area contributed by atoms with Crippen LogP contribution in [0.1, 0.15) is 32.0 Å². The summed E-state index contributed by atoms with van der Waals surface area (Å²) in [6.45, 7) is 0.252. The molecule has 0 spiro atoms. The number of rotatable bonds is 8. The third-order valence-electron chi connectivity index (χ3n) is 5.25. The second-order valence-electron chi connectivity index (χ2n) is 7.59. The van der Waals surface area contributed by atoms with Crippen molar-refractivity contribution in [1.82, 2.24) is 4.98 Å². The van der Waals surface area contributed by atoms with E-state index in [0.717, 1.165) is 16.9 Å². The fourth-order valence-electron chi connectivity index (χ4n) is 3.36. The zero-order chi connectivity index (χ0) is 24.1. The van der Waals surface area contributed by atoms with Crippen LogP contribution >= 0.6 is 11.6 Å². The molecular weight excluding hydrogens is 452 g/mol. The molecule has 1 aromatic heterocycles. The molecule has 4 aromatic rings. The Morgan fingerprint density at radius 3 is 2.24 bits per heavy atom. The topological polar surface area (TPSA) is 79.7 Å². The highest BCUT2D eigenvalue weighted by atomic mass is 35.5. The van der Waals surface area contributed by atoms with E-state index in [1.54, 1.807) is 30.5 Å². The normalized spacial score (nSPS) is 10.5. The van der Waals surface area contributed by atoms with E-state index in [1.165, 1.54) is 18.2 Å². The number of aromatic nitrogens is 1. The van der Waals surface area contributed by atoms with E-state index >= 15 is 0 Å². The number of carboxylic acid groups (broad SMARTS) is 1. The van der Waals surface area contributed by atoms with Crippen molar-refractivity contribution in [1.29, 1.82) is 0 Å². The van der Waals surface area contributed by atoms with Gasteiger partial charge in [-0.3, -0.25) is 9.78 Å². The summed E-state index contributed by atoms with van der Waals surface area (Å²) in [5, 5.41) is 10.1. The van der Waals surface area contributed by atoms with Crippen molar-refractivity contribution in [3.63, 3.8) is 0 Å². The third kappa shape index (κ3) is 5.42. The van der Waals surface area contributed by atoms with Crippen LogP contribution in [0, 0.1) is 0 Å². The van der Waals surface area contributed by atoms with Gasteiger partial charge < -0.3 is 14.7 Å². The lowest BCUT2D eigenvalue weighted by molar-refractivity contribution is 0.0696. The molecule has 0 aliphatic rings. The van der Waals surface area contributed by atoms with E-state index in [9.17, 15) is 14.7 Å². The van der Waals surface area contributed by atoms with Gasteiger partial charge >= 0.3 is 5.97 Å². The molecule has 0 fully saturated rings. The molecule has 0 aliphatic carbocycles. The molecule has 170 valence electrons. The molecule has 0 saturated heterocycles. The van der Waals surface area contributed by atoms with Gasteiger partial charge in [-0.05, 0) is 60.2 Å². The van der Waals surface area contributed by atoms with Crippen LogP contribution < -0.4 is 9.64 Å². The lowest BCUT2D eigenvalue weighted by Crippen LogP contribution is -2.11. The van der Waals surface area contributed by atoms with Crippen molar-refractivity contribution in [2.24, 2.45) is 0 Å². The Morgan fingerprint density at radius 2 is 1.59 bits per heavy atom. The first kappa shape index (κ1) is 23.0. The van der Waals surface area contributed by atoms with Crippen molar-refractivity contribution >= 4 is 34.7 Å². The second kappa shape index (κ2) is 10.2. The van der Waals surface area contributed by atoms with Gasteiger partial charge in [0.2, 0.25) is 5.78 Å². The first-order valence-corrected chi connectivity index (χ1v) is 10.8. The Hall–Kier alpha value is -4.16. The zero-order valence-corrected chi connectivity index (χ0v) is 19.1. The first-order valence-electron chi connectivity index (χ1n) is 10.5. The fraction of sp³-hybridized carbons (Fsp3) is 0.0741. The molecular formula is C27H21ClN2O4. The van der Waals surface area contributed by atoms with Crippen molar-refractivity contribution in [2.45, 2.75) is 6.61 Å². The van der Waals surface area contributed by atoms with Gasteiger partial charge in [0, 0.05) is 23.3 Å². The van der Waals surface area contributed by atoms with Crippen LogP contribution in [0.15, 0.2) is 91.1 Å². The number of hydrogen-bond acceptors (Lipinski definition) is 5. The summed E-state index contributed by atoms with van der Waals surface area (Å²) in [6.07, 6.45) is 1.59. The molecule has 4 rings (SSSR count). The molecule has 34 heavy (non-hydrogen) atoms. The maximum absolute atomic E-state index is 13.1. The van der Waals surface area contributed by atoms with Gasteiger partial charge in [0.1, 0.15) is 18.1 Å². The monoisotopic (exact) mass is 472 g/mol. The number of hydrogen-bond donors (Lipinski definition) is 1. The number of carbonyl (C=O) groups excluding carboxylic acids is 1. The van der Waals surface area contributed by atoms with Gasteiger partial charge in [0.05, 0.1) is 17.4 Å². The third-order valence-corrected chi connectivity index (χ3v) is 5.50. The van der Waals surface area contributed by atoms with Gasteiger partial charge in [-0.1, -0.05) is 41.9 Å². The van der Waals surface area contributed by atoms with E-state index in [4.69, 9.17) is 16.3 Å². The predicted octanol–water partition coefficient (Wildman–Crippen LogP) is 6.01. The Morgan fingerprint density at radius 1 is 0.912 bits per heavy atom. The fourth-order valence-corrected chi connectivity index (χ4v) is 3.48. The number of carboxylic acids is 1. The summed E-state index contributed by atoms with van der Waals surface area (Å²) >= 11 is 5.95. The van der Waals surface area contributed by atoms with Gasteiger partial charge in [0.15, 0.2) is 0 Å². The number of carbonyl (C=O) groups is 2. The van der Waals surface area contributed by atoms with Crippen LogP contribution in [-0.2, 0) is 6.61 Å². The summed E-state index contributed by atoms with van der Waals surface area (Å²) in [4.78, 5) is 30.9. The Bertz CT molecular complexity index is 1310. The quantitative estimate of drug-likeness (QED) is 0.316. The maximum Gasteiger partial charge on any atom is 0.335 e. The van der Waals surface area contributed by atoms with Crippen molar-refractivity contribution in [3.8, 4) is 5.75 Å². The summed E-state index contributed by atoms with van der Waals surface area (Å²) < 4.78 is 5.77. The SMILES string of the molecule is CN(c1ccc(Cl)cc1)c1ccc(C(=O)c2cc(OCc3ccccc3)cc(C(=O)O)c2)nc1. The van der Waals surface area contributed by atoms with Gasteiger partial charge in [-0.15, -0.1) is 0 Å². The molecule has 0 unspecified atom stereocenters. The number of nitrogens with zero attached hydrogens (tertiary/aromatic N) is 2. The number of anilines is 2. The van der Waals surface area contributed by atoms with Crippen LogP contribution in [0.25, 0.3) is 0 Å². The van der Waals surface area contributed by atoms with Crippen molar-refractivity contribution in [3.05, 3.63) is 119 Å². The van der Waals surface area contributed by atoms with Crippen molar-refractivity contribution in [2.75, 3.05) is 11.9 Å². The molecule has 1 heterocycles. The zero-order valence-electron chi connectivity index (χ0n) is 18.3. The van der Waals surface area contributed by atoms with Crippen LogP contribution in [0.2, 0.25) is 5.02 Å². The smallest absolute Gasteiger partial charge is 0.335 e. The minimum Gasteiger partial charge on any atom is -0.489 e. The van der Waals surface area contributed by atoms with Gasteiger partial charge in [-0.2, -0.15) is 0 Å². The standard InChI is InChI=1S/C27H21ClN2O4/c1-30(22-9-7-21(28)8-10-22)23-11-12-25(29-16-23)26(31)19-13-20(27(32)33)15-24(14-19)34-17-18-5-3-2-4-6-18/h2-16H,17H2,1H3,(H,32,33). The number of ketones is 1. The largest absolute Gasteiger partial charge is 0.489 e. The van der Waals surface area contributed by atoms with E-state index in [0.29, 0.717) is 10.8 Å². The Labute approximate surface area is 202 Å². The predicted molar refractivity (Wildman–Crippen MR) is 131 cm³/mol. The Kier molecular flexibility index (Phi) is 6.90. The summed E-state index contributed by atoms with van der Waals surface area (Å²) in [5.41, 5.74) is 2.98. The minimum atomic E-state index is -1.15. The lowest BCUT2D eigenvalue weighted by Gasteiger charge is -2.19. The summed E-state index contributed by atoms with van der Waals surface area (Å²) in [5.74, 6) is -1.24. The van der Waals surface area contributed by atoms with Crippen LogP contribution in [0.5, 0.6) is 5.75 Å². The molecule has 0 bridgehead atoms. The van der Waals surface area contributed by atoms with E-state index in [-0.39, 0.29) is 23.4 Å². The van der Waals surface area contributed by atoms with Crippen LogP contribution in [-0.4, -0.2) is 28.9 Å². The molecule has 6 nitrogen and oxygen atoms in total. The average Bonchev–Trinajstić information content (AvgIpc) is 2.87. The number of pyridine rings is 1. The molecule has 1 N–H and O–H groups in total. The maximum atomic E-state index is 13.1.